The second-order valence-electron chi connectivity index (χ2n) is 6.07. The lowest BCUT2D eigenvalue weighted by Crippen LogP contribution is -2.22. The van der Waals surface area contributed by atoms with Crippen molar-refractivity contribution in [3.63, 3.8) is 0 Å². The second-order valence-corrected chi connectivity index (χ2v) is 7.84. The summed E-state index contributed by atoms with van der Waals surface area (Å²) in [6.45, 7) is -0.102. The Morgan fingerprint density at radius 2 is 1.77 bits per heavy atom. The average molecular weight is 425 g/mol. The number of nitrogens with one attached hydrogen (secondary N) is 2. The number of anilines is 1. The van der Waals surface area contributed by atoms with Crippen molar-refractivity contribution in [3.8, 4) is 6.07 Å². The lowest BCUT2D eigenvalue weighted by atomic mass is 10.2. The largest absolute Gasteiger partial charge is 0.460 e. The van der Waals surface area contributed by atoms with Crippen molar-refractivity contribution in [2.24, 2.45) is 0 Å². The van der Waals surface area contributed by atoms with Gasteiger partial charge in [0.2, 0.25) is 10.0 Å². The number of hydrogen-bond donors (Lipinski definition) is 2. The van der Waals surface area contributed by atoms with E-state index in [-0.39, 0.29) is 22.8 Å². The zero-order valence-electron chi connectivity index (χ0n) is 15.5. The molecule has 1 heterocycles. The average Bonchev–Trinajstić information content (AvgIpc) is 3.20. The summed E-state index contributed by atoms with van der Waals surface area (Å²) in [6.07, 6.45) is 1.23. The van der Waals surface area contributed by atoms with Gasteiger partial charge >= 0.3 is 0 Å². The standard InChI is InChI=1S/C21H16FN3O4S/c22-16-6-8-17(9-7-16)25-21(26)15(13-23)12-18-10-11-19(29-18)14-24-30(27,28)20-4-2-1-3-5-20/h1-12,24H,14H2,(H,25,26)/b15-12-. The van der Waals surface area contributed by atoms with E-state index in [0.29, 0.717) is 11.4 Å². The molecule has 152 valence electrons. The van der Waals surface area contributed by atoms with Gasteiger partial charge < -0.3 is 9.73 Å². The van der Waals surface area contributed by atoms with Crippen LogP contribution in [0.2, 0.25) is 0 Å². The molecular formula is C21H16FN3O4S. The van der Waals surface area contributed by atoms with E-state index < -0.39 is 21.7 Å². The molecule has 0 unspecified atom stereocenters. The van der Waals surface area contributed by atoms with Gasteiger partial charge in [-0.1, -0.05) is 18.2 Å². The quantitative estimate of drug-likeness (QED) is 0.445. The molecule has 30 heavy (non-hydrogen) atoms. The first-order valence-electron chi connectivity index (χ1n) is 8.69. The summed E-state index contributed by atoms with van der Waals surface area (Å²) < 4.78 is 45.3. The molecule has 0 aliphatic rings. The van der Waals surface area contributed by atoms with E-state index in [1.807, 2.05) is 0 Å². The monoisotopic (exact) mass is 425 g/mol. The maximum Gasteiger partial charge on any atom is 0.266 e. The smallest absolute Gasteiger partial charge is 0.266 e. The highest BCUT2D eigenvalue weighted by atomic mass is 32.2. The van der Waals surface area contributed by atoms with Crippen LogP contribution in [-0.4, -0.2) is 14.3 Å². The Balaban J connectivity index is 1.66. The van der Waals surface area contributed by atoms with Crippen molar-refractivity contribution in [1.29, 1.82) is 5.26 Å². The zero-order valence-corrected chi connectivity index (χ0v) is 16.3. The molecule has 0 saturated heterocycles. The number of rotatable bonds is 7. The predicted molar refractivity (Wildman–Crippen MR) is 108 cm³/mol. The van der Waals surface area contributed by atoms with E-state index >= 15 is 0 Å². The van der Waals surface area contributed by atoms with Crippen molar-refractivity contribution in [1.82, 2.24) is 4.72 Å². The molecule has 0 saturated carbocycles. The predicted octanol–water partition coefficient (Wildman–Crippen LogP) is 3.44. The lowest BCUT2D eigenvalue weighted by Gasteiger charge is -2.05. The van der Waals surface area contributed by atoms with Gasteiger partial charge in [-0.25, -0.2) is 17.5 Å². The highest BCUT2D eigenvalue weighted by Gasteiger charge is 2.15. The number of benzene rings is 2. The van der Waals surface area contributed by atoms with Crippen LogP contribution in [0.1, 0.15) is 11.5 Å². The number of amides is 1. The van der Waals surface area contributed by atoms with Gasteiger partial charge in [0.1, 0.15) is 29.0 Å². The normalized spacial score (nSPS) is 11.7. The minimum atomic E-state index is -3.70. The zero-order chi connectivity index (χ0) is 21.6. The fourth-order valence-corrected chi connectivity index (χ4v) is 3.45. The van der Waals surface area contributed by atoms with Crippen molar-refractivity contribution < 1.29 is 22.0 Å². The van der Waals surface area contributed by atoms with Crippen LogP contribution in [0.15, 0.2) is 81.6 Å². The SMILES string of the molecule is N#C/C(=C/c1ccc(CNS(=O)(=O)c2ccccc2)o1)C(=O)Nc1ccc(F)cc1. The van der Waals surface area contributed by atoms with Crippen LogP contribution >= 0.6 is 0 Å². The summed E-state index contributed by atoms with van der Waals surface area (Å²) in [7, 11) is -3.70. The van der Waals surface area contributed by atoms with Crippen molar-refractivity contribution in [2.75, 3.05) is 5.32 Å². The maximum absolute atomic E-state index is 12.9. The number of nitriles is 1. The van der Waals surface area contributed by atoms with Crippen molar-refractivity contribution in [3.05, 3.63) is 89.6 Å². The van der Waals surface area contributed by atoms with E-state index in [1.54, 1.807) is 24.3 Å². The molecule has 3 aromatic rings. The Morgan fingerprint density at radius 1 is 1.07 bits per heavy atom. The van der Waals surface area contributed by atoms with Gasteiger partial charge in [0.05, 0.1) is 11.4 Å². The fourth-order valence-electron chi connectivity index (χ4n) is 2.44. The summed E-state index contributed by atoms with van der Waals surface area (Å²) in [5, 5.41) is 11.7. The van der Waals surface area contributed by atoms with Crippen LogP contribution in [-0.2, 0) is 21.4 Å². The second kappa shape index (κ2) is 9.17. The first-order valence-corrected chi connectivity index (χ1v) is 10.2. The van der Waals surface area contributed by atoms with Gasteiger partial charge in [-0.2, -0.15) is 5.26 Å². The first-order chi connectivity index (χ1) is 14.4. The van der Waals surface area contributed by atoms with Gasteiger partial charge in [0.25, 0.3) is 5.91 Å². The van der Waals surface area contributed by atoms with Gasteiger partial charge in [-0.15, -0.1) is 0 Å². The Labute approximate surface area is 172 Å². The molecule has 0 spiro atoms. The van der Waals surface area contributed by atoms with Gasteiger partial charge in [0.15, 0.2) is 0 Å². The van der Waals surface area contributed by atoms with Gasteiger partial charge in [-0.3, -0.25) is 4.79 Å². The minimum absolute atomic E-state index is 0.102. The molecule has 1 amide bonds. The van der Waals surface area contributed by atoms with Crippen molar-refractivity contribution >= 4 is 27.7 Å². The van der Waals surface area contributed by atoms with E-state index in [9.17, 15) is 22.9 Å². The number of carbonyl (C=O) groups is 1. The van der Waals surface area contributed by atoms with Crippen LogP contribution in [0, 0.1) is 17.1 Å². The summed E-state index contributed by atoms with van der Waals surface area (Å²) in [4.78, 5) is 12.4. The van der Waals surface area contributed by atoms with Crippen LogP contribution < -0.4 is 10.0 Å². The number of hydrogen-bond acceptors (Lipinski definition) is 5. The van der Waals surface area contributed by atoms with Crippen LogP contribution in [0.5, 0.6) is 0 Å². The lowest BCUT2D eigenvalue weighted by molar-refractivity contribution is -0.112. The van der Waals surface area contributed by atoms with Crippen LogP contribution in [0.3, 0.4) is 0 Å². The number of carbonyl (C=O) groups excluding carboxylic acids is 1. The maximum atomic E-state index is 12.9. The topological polar surface area (TPSA) is 112 Å². The highest BCUT2D eigenvalue weighted by molar-refractivity contribution is 7.89. The molecular weight excluding hydrogens is 409 g/mol. The van der Waals surface area contributed by atoms with Gasteiger partial charge in [0, 0.05) is 11.8 Å². The Kier molecular flexibility index (Phi) is 6.41. The molecule has 0 atom stereocenters. The Bertz CT molecular complexity index is 1210. The van der Waals surface area contributed by atoms with E-state index in [0.717, 1.165) is 0 Å². The molecule has 3 rings (SSSR count). The highest BCUT2D eigenvalue weighted by Crippen LogP contribution is 2.15. The number of sulfonamides is 1. The van der Waals surface area contributed by atoms with Crippen LogP contribution in [0.25, 0.3) is 6.08 Å². The molecule has 7 nitrogen and oxygen atoms in total. The summed E-state index contributed by atoms with van der Waals surface area (Å²) in [6, 6.07) is 17.8. The summed E-state index contributed by atoms with van der Waals surface area (Å²) in [5.74, 6) is -0.631. The van der Waals surface area contributed by atoms with E-state index in [1.165, 1.54) is 54.6 Å². The Morgan fingerprint density at radius 3 is 2.43 bits per heavy atom. The molecule has 2 N–H and O–H groups in total. The van der Waals surface area contributed by atoms with Crippen LogP contribution in [0.4, 0.5) is 10.1 Å². The molecule has 0 radical (unpaired) electrons. The first kappa shape index (κ1) is 21.0. The molecule has 0 aliphatic heterocycles. The third-order valence-electron chi connectivity index (χ3n) is 3.93. The fraction of sp³-hybridized carbons (Fsp3) is 0.0476. The Hall–Kier alpha value is -3.74. The summed E-state index contributed by atoms with van der Waals surface area (Å²) in [5.41, 5.74) is 0.100. The van der Waals surface area contributed by atoms with Gasteiger partial charge in [-0.05, 0) is 48.5 Å². The molecule has 1 aromatic heterocycles. The molecule has 0 aliphatic carbocycles. The molecule has 2 aromatic carbocycles. The van der Waals surface area contributed by atoms with E-state index in [2.05, 4.69) is 10.0 Å². The minimum Gasteiger partial charge on any atom is -0.460 e. The summed E-state index contributed by atoms with van der Waals surface area (Å²) >= 11 is 0. The third-order valence-corrected chi connectivity index (χ3v) is 5.34. The van der Waals surface area contributed by atoms with Crippen molar-refractivity contribution in [2.45, 2.75) is 11.4 Å². The molecule has 0 bridgehead atoms. The number of furan rings is 1. The molecule has 9 heteroatoms. The third kappa shape index (κ3) is 5.41. The number of halogens is 1. The number of nitrogens with zero attached hydrogens (tertiary/aromatic N) is 1. The molecule has 0 fully saturated rings. The van der Waals surface area contributed by atoms with E-state index in [4.69, 9.17) is 4.42 Å².